The lowest BCUT2D eigenvalue weighted by Gasteiger charge is -2.22. The highest BCUT2D eigenvalue weighted by Gasteiger charge is 2.28. The van der Waals surface area contributed by atoms with Crippen molar-refractivity contribution in [3.63, 3.8) is 0 Å². The molecular formula is C37H44N2O12. The van der Waals surface area contributed by atoms with Gasteiger partial charge in [-0.3, -0.25) is 14.7 Å². The molecule has 274 valence electrons. The van der Waals surface area contributed by atoms with Crippen LogP contribution in [0.3, 0.4) is 0 Å². The summed E-state index contributed by atoms with van der Waals surface area (Å²) in [6, 6.07) is 12.9. The van der Waals surface area contributed by atoms with Gasteiger partial charge in [-0.2, -0.15) is 0 Å². The molecule has 0 bridgehead atoms. The zero-order valence-corrected chi connectivity index (χ0v) is 30.3. The number of carbonyl (C=O) groups is 2. The third kappa shape index (κ3) is 8.83. The average Bonchev–Trinajstić information content (AvgIpc) is 3.11. The summed E-state index contributed by atoms with van der Waals surface area (Å²) in [4.78, 5) is 40.8. The van der Waals surface area contributed by atoms with Crippen molar-refractivity contribution in [3.05, 3.63) is 64.6 Å². The minimum absolute atomic E-state index is 0.0978. The third-order valence-electron chi connectivity index (χ3n) is 7.49. The van der Waals surface area contributed by atoms with Gasteiger partial charge < -0.3 is 42.6 Å². The summed E-state index contributed by atoms with van der Waals surface area (Å²) in [6.45, 7) is 6.51. The Bertz CT molecular complexity index is 1890. The number of esters is 1. The van der Waals surface area contributed by atoms with Gasteiger partial charge in [-0.1, -0.05) is 0 Å². The molecule has 0 atom stereocenters. The summed E-state index contributed by atoms with van der Waals surface area (Å²) in [6.07, 6.45) is -0.649. The lowest BCUT2D eigenvalue weighted by Crippen LogP contribution is -2.28. The number of pyridine rings is 1. The number of nitrogens with one attached hydrogen (secondary N) is 1. The maximum absolute atomic E-state index is 14.6. The SMILES string of the molecule is COCCOCCOc1cc2c(=O)n(-c3ccc(NC(=O)OC(C)(C)C)cc3)c(C(=O)OC)c(-c3cc(OC)c(OC)c(OC)c3)c2cc1OC. The molecule has 0 radical (unpaired) electrons. The van der Waals surface area contributed by atoms with Crippen LogP contribution in [0.15, 0.2) is 53.3 Å². The Balaban J connectivity index is 2.03. The van der Waals surface area contributed by atoms with Gasteiger partial charge in [0.1, 0.15) is 17.9 Å². The van der Waals surface area contributed by atoms with E-state index in [4.69, 9.17) is 42.6 Å². The number of anilines is 1. The van der Waals surface area contributed by atoms with Crippen LogP contribution in [0, 0.1) is 0 Å². The first kappa shape index (κ1) is 38.3. The fraction of sp³-hybridized carbons (Fsp3) is 0.378. The van der Waals surface area contributed by atoms with Crippen LogP contribution in [0.2, 0.25) is 0 Å². The topological polar surface area (TPSA) is 151 Å². The zero-order chi connectivity index (χ0) is 37.3. The van der Waals surface area contributed by atoms with Gasteiger partial charge in [0.25, 0.3) is 5.56 Å². The molecule has 3 aromatic carbocycles. The summed E-state index contributed by atoms with van der Waals surface area (Å²) in [7, 11) is 8.70. The number of aromatic nitrogens is 1. The molecule has 51 heavy (non-hydrogen) atoms. The summed E-state index contributed by atoms with van der Waals surface area (Å²) in [5.74, 6) is 0.732. The standard InChI is InChI=1S/C37H44N2O12/c1-37(2,3)51-36(42)38-23-10-12-24(13-11-23)39-32(35(41)48-9)31(22-18-29(45-6)33(47-8)30(19-22)46-7)25-20-27(44-5)28(21-26(25)34(39)40)50-17-16-49-15-14-43-4/h10-13,18-21H,14-17H2,1-9H3,(H,38,42). The number of fused-ring (bicyclic) bond motifs is 1. The van der Waals surface area contributed by atoms with E-state index in [-0.39, 0.29) is 30.0 Å². The van der Waals surface area contributed by atoms with Crippen molar-refractivity contribution in [2.45, 2.75) is 26.4 Å². The normalized spacial score (nSPS) is 11.2. The van der Waals surface area contributed by atoms with Crippen LogP contribution in [0.25, 0.3) is 27.6 Å². The molecule has 0 aliphatic heterocycles. The lowest BCUT2D eigenvalue weighted by molar-refractivity contribution is 0.0540. The maximum Gasteiger partial charge on any atom is 0.412 e. The van der Waals surface area contributed by atoms with Crippen molar-refractivity contribution in [2.24, 2.45) is 0 Å². The number of carbonyl (C=O) groups excluding carboxylic acids is 2. The van der Waals surface area contributed by atoms with E-state index < -0.39 is 23.2 Å². The van der Waals surface area contributed by atoms with Crippen molar-refractivity contribution in [3.8, 4) is 45.6 Å². The molecule has 1 N–H and O–H groups in total. The molecule has 1 amide bonds. The van der Waals surface area contributed by atoms with Gasteiger partial charge >= 0.3 is 12.1 Å². The van der Waals surface area contributed by atoms with E-state index in [1.54, 1.807) is 76.4 Å². The fourth-order valence-electron chi connectivity index (χ4n) is 5.30. The smallest absolute Gasteiger partial charge is 0.412 e. The molecule has 1 aromatic heterocycles. The van der Waals surface area contributed by atoms with E-state index in [1.807, 2.05) is 0 Å². The first-order valence-corrected chi connectivity index (χ1v) is 15.9. The van der Waals surface area contributed by atoms with Crippen molar-refractivity contribution >= 4 is 28.5 Å². The molecule has 14 nitrogen and oxygen atoms in total. The monoisotopic (exact) mass is 708 g/mol. The molecule has 0 aliphatic carbocycles. The number of benzene rings is 3. The van der Waals surface area contributed by atoms with E-state index >= 15 is 0 Å². The van der Waals surface area contributed by atoms with Crippen LogP contribution >= 0.6 is 0 Å². The Morgan fingerprint density at radius 2 is 1.33 bits per heavy atom. The van der Waals surface area contributed by atoms with Crippen molar-refractivity contribution in [2.75, 3.05) is 74.4 Å². The molecule has 0 spiro atoms. The first-order chi connectivity index (χ1) is 24.4. The number of hydrogen-bond acceptors (Lipinski definition) is 12. The number of hydrogen-bond donors (Lipinski definition) is 1. The molecule has 0 saturated carbocycles. The second-order valence-corrected chi connectivity index (χ2v) is 11.9. The summed E-state index contributed by atoms with van der Waals surface area (Å²) in [5.41, 5.74) is 0.0878. The fourth-order valence-corrected chi connectivity index (χ4v) is 5.30. The van der Waals surface area contributed by atoms with E-state index in [1.165, 1.54) is 40.1 Å². The molecular weight excluding hydrogens is 664 g/mol. The molecule has 0 fully saturated rings. The summed E-state index contributed by atoms with van der Waals surface area (Å²) < 4.78 is 51.0. The van der Waals surface area contributed by atoms with Gasteiger partial charge in [0.15, 0.2) is 23.0 Å². The van der Waals surface area contributed by atoms with Gasteiger partial charge in [0.05, 0.1) is 60.8 Å². The Hall–Kier alpha value is -5.47. The van der Waals surface area contributed by atoms with Gasteiger partial charge in [-0.15, -0.1) is 0 Å². The lowest BCUT2D eigenvalue weighted by atomic mass is 9.95. The minimum atomic E-state index is -0.804. The van der Waals surface area contributed by atoms with Gasteiger partial charge in [0, 0.05) is 29.4 Å². The first-order valence-electron chi connectivity index (χ1n) is 15.9. The number of ether oxygens (including phenoxy) is 9. The molecule has 4 rings (SSSR count). The highest BCUT2D eigenvalue weighted by atomic mass is 16.6. The number of nitrogens with zero attached hydrogens (tertiary/aromatic N) is 1. The predicted molar refractivity (Wildman–Crippen MR) is 191 cm³/mol. The highest BCUT2D eigenvalue weighted by molar-refractivity contribution is 6.08. The van der Waals surface area contributed by atoms with E-state index in [2.05, 4.69) is 5.32 Å². The number of methoxy groups -OCH3 is 6. The third-order valence-corrected chi connectivity index (χ3v) is 7.49. The average molecular weight is 709 g/mol. The number of amides is 1. The van der Waals surface area contributed by atoms with Crippen LogP contribution < -0.4 is 34.6 Å². The van der Waals surface area contributed by atoms with Crippen molar-refractivity contribution in [1.82, 2.24) is 4.57 Å². The van der Waals surface area contributed by atoms with Crippen LogP contribution in [-0.2, 0) is 18.9 Å². The highest BCUT2D eigenvalue weighted by Crippen LogP contribution is 2.45. The van der Waals surface area contributed by atoms with Gasteiger partial charge in [0.2, 0.25) is 5.75 Å². The second kappa shape index (κ2) is 17.0. The maximum atomic E-state index is 14.6. The Morgan fingerprint density at radius 1 is 0.725 bits per heavy atom. The quantitative estimate of drug-likeness (QED) is 0.116. The van der Waals surface area contributed by atoms with Crippen LogP contribution in [-0.4, -0.2) is 91.3 Å². The van der Waals surface area contributed by atoms with Crippen molar-refractivity contribution in [1.29, 1.82) is 0 Å². The predicted octanol–water partition coefficient (Wildman–Crippen LogP) is 5.87. The van der Waals surface area contributed by atoms with E-state index in [9.17, 15) is 14.4 Å². The molecule has 0 saturated heterocycles. The molecule has 1 heterocycles. The van der Waals surface area contributed by atoms with Gasteiger partial charge in [-0.05, 0) is 74.9 Å². The Morgan fingerprint density at radius 3 is 1.88 bits per heavy atom. The number of rotatable bonds is 15. The van der Waals surface area contributed by atoms with Gasteiger partial charge in [-0.25, -0.2) is 9.59 Å². The molecule has 4 aromatic rings. The molecule has 14 heteroatoms. The van der Waals surface area contributed by atoms with Crippen LogP contribution in [0.5, 0.6) is 28.7 Å². The van der Waals surface area contributed by atoms with Crippen LogP contribution in [0.1, 0.15) is 31.3 Å². The van der Waals surface area contributed by atoms with Crippen molar-refractivity contribution < 1.29 is 52.2 Å². The second-order valence-electron chi connectivity index (χ2n) is 11.9. The molecule has 0 unspecified atom stereocenters. The minimum Gasteiger partial charge on any atom is -0.493 e. The largest absolute Gasteiger partial charge is 0.493 e. The molecule has 0 aliphatic rings. The van der Waals surface area contributed by atoms with Crippen LogP contribution in [0.4, 0.5) is 10.5 Å². The summed E-state index contributed by atoms with van der Waals surface area (Å²) >= 11 is 0. The Kier molecular flexibility index (Phi) is 12.7. The Labute approximate surface area is 296 Å². The summed E-state index contributed by atoms with van der Waals surface area (Å²) in [5, 5.41) is 3.22. The van der Waals surface area contributed by atoms with E-state index in [0.29, 0.717) is 64.1 Å². The zero-order valence-electron chi connectivity index (χ0n) is 30.3. The van der Waals surface area contributed by atoms with E-state index in [0.717, 1.165) is 0 Å².